The van der Waals surface area contributed by atoms with Crippen LogP contribution in [0.1, 0.15) is 36.0 Å². The lowest BCUT2D eigenvalue weighted by Crippen LogP contribution is -2.40. The first-order valence-corrected chi connectivity index (χ1v) is 10.1. The van der Waals surface area contributed by atoms with Gasteiger partial charge in [-0.3, -0.25) is 4.79 Å². The van der Waals surface area contributed by atoms with Crippen molar-refractivity contribution in [2.75, 3.05) is 28.3 Å². The zero-order valence-electron chi connectivity index (χ0n) is 15.2. The molecule has 3 rings (SSSR count). The Morgan fingerprint density at radius 2 is 1.68 bits per heavy atom. The van der Waals surface area contributed by atoms with E-state index in [1.807, 2.05) is 11.9 Å². The number of carbonyl (C=O) groups excluding carboxylic acids is 1. The fourth-order valence-electron chi connectivity index (χ4n) is 3.44. The molecule has 2 aliphatic carbocycles. The minimum atomic E-state index is -3.69. The molecule has 0 N–H and O–H groups in total. The van der Waals surface area contributed by atoms with Crippen LogP contribution in [-0.2, 0) is 10.0 Å². The fraction of sp³-hybridized carbons (Fsp3) is 0.611. The Morgan fingerprint density at radius 3 is 2.12 bits per heavy atom. The van der Waals surface area contributed by atoms with Crippen LogP contribution in [0.5, 0.6) is 5.75 Å². The molecule has 2 saturated carbocycles. The SMILES string of the molecule is COc1ccc(C(=O)N(C)C(C2CC2)C2CC2)cc1S(=O)(=O)N(C)C. The third-order valence-electron chi connectivity index (χ3n) is 5.15. The van der Waals surface area contributed by atoms with E-state index in [1.165, 1.54) is 53.0 Å². The second-order valence-corrected chi connectivity index (χ2v) is 9.35. The Kier molecular flexibility index (Phi) is 4.81. The highest BCUT2D eigenvalue weighted by molar-refractivity contribution is 7.89. The highest BCUT2D eigenvalue weighted by atomic mass is 32.2. The molecule has 0 atom stereocenters. The summed E-state index contributed by atoms with van der Waals surface area (Å²) in [6.45, 7) is 0. The van der Waals surface area contributed by atoms with Crippen molar-refractivity contribution in [1.29, 1.82) is 0 Å². The van der Waals surface area contributed by atoms with Crippen molar-refractivity contribution in [3.05, 3.63) is 23.8 Å². The predicted octanol–water partition coefficient (Wildman–Crippen LogP) is 2.21. The van der Waals surface area contributed by atoms with Gasteiger partial charge in [0.1, 0.15) is 10.6 Å². The topological polar surface area (TPSA) is 66.9 Å². The molecule has 2 fully saturated rings. The van der Waals surface area contributed by atoms with E-state index in [-0.39, 0.29) is 22.6 Å². The van der Waals surface area contributed by atoms with Crippen molar-refractivity contribution in [3.63, 3.8) is 0 Å². The standard InChI is InChI=1S/C18H26N2O4S/c1-19(2)25(22,23)16-11-14(9-10-15(16)24-4)18(21)20(3)17(12-5-6-12)13-7-8-13/h9-13,17H,5-8H2,1-4H3. The van der Waals surface area contributed by atoms with Crippen LogP contribution >= 0.6 is 0 Å². The Bertz CT molecular complexity index is 755. The van der Waals surface area contributed by atoms with Crippen molar-refractivity contribution in [2.45, 2.75) is 36.6 Å². The number of rotatable bonds is 7. The normalized spacial score (nSPS) is 17.8. The molecule has 1 aromatic carbocycles. The van der Waals surface area contributed by atoms with Gasteiger partial charge in [0, 0.05) is 32.7 Å². The van der Waals surface area contributed by atoms with E-state index in [1.54, 1.807) is 12.1 Å². The molecule has 0 aromatic heterocycles. The highest BCUT2D eigenvalue weighted by Gasteiger charge is 2.45. The van der Waals surface area contributed by atoms with Gasteiger partial charge in [-0.15, -0.1) is 0 Å². The molecule has 7 heteroatoms. The Hall–Kier alpha value is -1.60. The molecular formula is C18H26N2O4S. The molecule has 0 unspecified atom stereocenters. The van der Waals surface area contributed by atoms with Gasteiger partial charge in [0.25, 0.3) is 5.91 Å². The van der Waals surface area contributed by atoms with Crippen molar-refractivity contribution < 1.29 is 17.9 Å². The monoisotopic (exact) mass is 366 g/mol. The Morgan fingerprint density at radius 1 is 1.12 bits per heavy atom. The Labute approximate surface area is 149 Å². The minimum Gasteiger partial charge on any atom is -0.495 e. The number of amides is 1. The lowest BCUT2D eigenvalue weighted by Gasteiger charge is -2.29. The molecule has 138 valence electrons. The number of nitrogens with zero attached hydrogens (tertiary/aromatic N) is 2. The van der Waals surface area contributed by atoms with Gasteiger partial charge in [-0.2, -0.15) is 0 Å². The van der Waals surface area contributed by atoms with Crippen LogP contribution in [0.15, 0.2) is 23.1 Å². The van der Waals surface area contributed by atoms with Crippen LogP contribution in [0.2, 0.25) is 0 Å². The molecule has 0 radical (unpaired) electrons. The number of hydrogen-bond acceptors (Lipinski definition) is 4. The number of sulfonamides is 1. The third-order valence-corrected chi connectivity index (χ3v) is 6.98. The maximum atomic E-state index is 13.0. The predicted molar refractivity (Wildman–Crippen MR) is 95.2 cm³/mol. The average Bonchev–Trinajstić information content (AvgIpc) is 3.48. The molecule has 0 bridgehead atoms. The van der Waals surface area contributed by atoms with Crippen LogP contribution in [-0.4, -0.2) is 57.8 Å². The van der Waals surface area contributed by atoms with Gasteiger partial charge in [0.05, 0.1) is 7.11 Å². The number of benzene rings is 1. The second kappa shape index (κ2) is 6.61. The molecule has 6 nitrogen and oxygen atoms in total. The van der Waals surface area contributed by atoms with Gasteiger partial charge in [-0.05, 0) is 55.7 Å². The Balaban J connectivity index is 1.93. The van der Waals surface area contributed by atoms with E-state index in [2.05, 4.69) is 0 Å². The molecule has 25 heavy (non-hydrogen) atoms. The number of hydrogen-bond donors (Lipinski definition) is 0. The molecule has 0 spiro atoms. The zero-order chi connectivity index (χ0) is 18.4. The van der Waals surface area contributed by atoms with Crippen LogP contribution in [0.25, 0.3) is 0 Å². The first kappa shape index (κ1) is 18.2. The van der Waals surface area contributed by atoms with E-state index in [4.69, 9.17) is 4.74 Å². The van der Waals surface area contributed by atoms with Gasteiger partial charge >= 0.3 is 0 Å². The summed E-state index contributed by atoms with van der Waals surface area (Å²) >= 11 is 0. The van der Waals surface area contributed by atoms with Crippen LogP contribution in [0, 0.1) is 11.8 Å². The van der Waals surface area contributed by atoms with Gasteiger partial charge in [-0.25, -0.2) is 12.7 Å². The van der Waals surface area contributed by atoms with Gasteiger partial charge < -0.3 is 9.64 Å². The maximum absolute atomic E-state index is 13.0. The summed E-state index contributed by atoms with van der Waals surface area (Å²) in [4.78, 5) is 14.8. The molecule has 0 saturated heterocycles. The summed E-state index contributed by atoms with van der Waals surface area (Å²) in [6.07, 6.45) is 4.73. The van der Waals surface area contributed by atoms with Crippen molar-refractivity contribution >= 4 is 15.9 Å². The number of ether oxygens (including phenoxy) is 1. The van der Waals surface area contributed by atoms with Gasteiger partial charge in [0.15, 0.2) is 0 Å². The maximum Gasteiger partial charge on any atom is 0.253 e. The van der Waals surface area contributed by atoms with E-state index in [9.17, 15) is 13.2 Å². The van der Waals surface area contributed by atoms with Crippen molar-refractivity contribution in [2.24, 2.45) is 11.8 Å². The fourth-order valence-corrected chi connectivity index (χ4v) is 4.51. The van der Waals surface area contributed by atoms with E-state index < -0.39 is 10.0 Å². The summed E-state index contributed by atoms with van der Waals surface area (Å²) < 4.78 is 31.4. The van der Waals surface area contributed by atoms with E-state index in [0.717, 1.165) is 4.31 Å². The highest BCUT2D eigenvalue weighted by Crippen LogP contribution is 2.47. The second-order valence-electron chi connectivity index (χ2n) is 7.23. The minimum absolute atomic E-state index is 0.0219. The lowest BCUT2D eigenvalue weighted by molar-refractivity contribution is 0.0689. The summed E-state index contributed by atoms with van der Waals surface area (Å²) in [7, 11) is 2.50. The van der Waals surface area contributed by atoms with E-state index in [0.29, 0.717) is 17.4 Å². The summed E-state index contributed by atoms with van der Waals surface area (Å²) in [5.74, 6) is 1.32. The smallest absolute Gasteiger partial charge is 0.253 e. The molecule has 0 aliphatic heterocycles. The van der Waals surface area contributed by atoms with Gasteiger partial charge in [-0.1, -0.05) is 0 Å². The quantitative estimate of drug-likeness (QED) is 0.742. The molecule has 2 aliphatic rings. The molecule has 1 amide bonds. The number of carbonyl (C=O) groups is 1. The van der Waals surface area contributed by atoms with Crippen LogP contribution < -0.4 is 4.74 Å². The number of methoxy groups -OCH3 is 1. The van der Waals surface area contributed by atoms with Gasteiger partial charge in [0.2, 0.25) is 10.0 Å². The molecular weight excluding hydrogens is 340 g/mol. The summed E-state index contributed by atoms with van der Waals surface area (Å²) in [6, 6.07) is 4.91. The van der Waals surface area contributed by atoms with E-state index >= 15 is 0 Å². The molecule has 0 heterocycles. The first-order chi connectivity index (χ1) is 11.8. The van der Waals surface area contributed by atoms with Crippen molar-refractivity contribution in [3.8, 4) is 5.75 Å². The zero-order valence-corrected chi connectivity index (χ0v) is 16.0. The first-order valence-electron chi connectivity index (χ1n) is 8.65. The average molecular weight is 366 g/mol. The summed E-state index contributed by atoms with van der Waals surface area (Å²) in [5, 5.41) is 0. The summed E-state index contributed by atoms with van der Waals surface area (Å²) in [5.41, 5.74) is 0.384. The lowest BCUT2D eigenvalue weighted by atomic mass is 10.0. The third kappa shape index (κ3) is 3.53. The van der Waals surface area contributed by atoms with Crippen LogP contribution in [0.4, 0.5) is 0 Å². The van der Waals surface area contributed by atoms with Crippen molar-refractivity contribution in [1.82, 2.24) is 9.21 Å². The molecule has 1 aromatic rings. The van der Waals surface area contributed by atoms with Crippen LogP contribution in [0.3, 0.4) is 0 Å². The largest absolute Gasteiger partial charge is 0.495 e.